The SMILES string of the molecule is CC1(C)c2ccccc2-c2cc(-c3cccc4c3[nH]c3c5ccccc5ccc43)ccc21. The van der Waals surface area contributed by atoms with Gasteiger partial charge in [0.05, 0.1) is 11.0 Å². The lowest BCUT2D eigenvalue weighted by atomic mass is 9.82. The van der Waals surface area contributed by atoms with Crippen LogP contribution in [0.15, 0.2) is 97.1 Å². The van der Waals surface area contributed by atoms with E-state index in [-0.39, 0.29) is 5.41 Å². The Hall–Kier alpha value is -3.84. The van der Waals surface area contributed by atoms with Gasteiger partial charge in [-0.2, -0.15) is 0 Å². The number of H-pyrrole nitrogens is 1. The molecule has 0 saturated heterocycles. The maximum atomic E-state index is 3.79. The Labute approximate surface area is 187 Å². The second kappa shape index (κ2) is 6.11. The van der Waals surface area contributed by atoms with E-state index in [4.69, 9.17) is 0 Å². The van der Waals surface area contributed by atoms with Crippen LogP contribution in [0.2, 0.25) is 0 Å². The van der Waals surface area contributed by atoms with Crippen LogP contribution < -0.4 is 0 Å². The molecule has 0 bridgehead atoms. The summed E-state index contributed by atoms with van der Waals surface area (Å²) in [6.45, 7) is 4.67. The molecule has 6 aromatic rings. The van der Waals surface area contributed by atoms with Crippen molar-refractivity contribution in [2.45, 2.75) is 19.3 Å². The number of aromatic amines is 1. The number of fused-ring (bicyclic) bond motifs is 8. The van der Waals surface area contributed by atoms with Gasteiger partial charge in [0.2, 0.25) is 0 Å². The minimum Gasteiger partial charge on any atom is -0.353 e. The maximum absolute atomic E-state index is 3.79. The van der Waals surface area contributed by atoms with Gasteiger partial charge in [-0.3, -0.25) is 0 Å². The van der Waals surface area contributed by atoms with Gasteiger partial charge in [0.25, 0.3) is 0 Å². The molecule has 0 atom stereocenters. The van der Waals surface area contributed by atoms with Crippen LogP contribution in [0.4, 0.5) is 0 Å². The van der Waals surface area contributed by atoms with Crippen molar-refractivity contribution in [3.8, 4) is 22.3 Å². The Balaban J connectivity index is 1.51. The van der Waals surface area contributed by atoms with Crippen molar-refractivity contribution < 1.29 is 0 Å². The molecule has 0 radical (unpaired) electrons. The van der Waals surface area contributed by atoms with Crippen molar-refractivity contribution in [2.24, 2.45) is 0 Å². The lowest BCUT2D eigenvalue weighted by Gasteiger charge is -2.21. The summed E-state index contributed by atoms with van der Waals surface area (Å²) in [4.78, 5) is 3.79. The van der Waals surface area contributed by atoms with Crippen molar-refractivity contribution in [2.75, 3.05) is 0 Å². The molecule has 152 valence electrons. The maximum Gasteiger partial charge on any atom is 0.0544 e. The van der Waals surface area contributed by atoms with Crippen LogP contribution in [0.3, 0.4) is 0 Å². The Morgan fingerprint density at radius 2 is 1.25 bits per heavy atom. The fraction of sp³-hybridized carbons (Fsp3) is 0.0968. The standard InChI is InChI=1S/C31H23N/c1-31(2)27-13-6-5-10-23(27)26-18-20(15-17-28(26)31)22-11-7-12-24-25-16-14-19-8-3-4-9-21(19)29(25)32-30(22)24/h3-18,32H,1-2H3. The van der Waals surface area contributed by atoms with Gasteiger partial charge in [-0.05, 0) is 39.3 Å². The Morgan fingerprint density at radius 3 is 2.19 bits per heavy atom. The van der Waals surface area contributed by atoms with Crippen LogP contribution in [-0.4, -0.2) is 4.98 Å². The number of hydrogen-bond donors (Lipinski definition) is 1. The second-order valence-corrected chi connectivity index (χ2v) is 9.49. The molecule has 0 saturated carbocycles. The summed E-state index contributed by atoms with van der Waals surface area (Å²) in [7, 11) is 0. The zero-order valence-electron chi connectivity index (χ0n) is 18.2. The van der Waals surface area contributed by atoms with Gasteiger partial charge in [0.15, 0.2) is 0 Å². The number of para-hydroxylation sites is 1. The molecular weight excluding hydrogens is 386 g/mol. The first-order chi connectivity index (χ1) is 15.6. The highest BCUT2D eigenvalue weighted by Crippen LogP contribution is 2.49. The molecule has 0 aliphatic heterocycles. The summed E-state index contributed by atoms with van der Waals surface area (Å²) >= 11 is 0. The zero-order chi connectivity index (χ0) is 21.4. The lowest BCUT2D eigenvalue weighted by Crippen LogP contribution is -2.14. The molecule has 1 nitrogen and oxygen atoms in total. The number of benzene rings is 5. The van der Waals surface area contributed by atoms with Crippen molar-refractivity contribution in [1.82, 2.24) is 4.98 Å². The van der Waals surface area contributed by atoms with E-state index < -0.39 is 0 Å². The highest BCUT2D eigenvalue weighted by molar-refractivity contribution is 6.19. The molecule has 0 unspecified atom stereocenters. The number of aromatic nitrogens is 1. The molecule has 1 aliphatic carbocycles. The topological polar surface area (TPSA) is 15.8 Å². The zero-order valence-corrected chi connectivity index (χ0v) is 18.2. The van der Waals surface area contributed by atoms with Crippen molar-refractivity contribution in [3.05, 3.63) is 108 Å². The van der Waals surface area contributed by atoms with E-state index in [0.717, 1.165) is 0 Å². The first-order valence-electron chi connectivity index (χ1n) is 11.3. The molecule has 7 rings (SSSR count). The van der Waals surface area contributed by atoms with E-state index in [0.29, 0.717) is 0 Å². The van der Waals surface area contributed by atoms with Crippen LogP contribution in [0.5, 0.6) is 0 Å². The molecule has 1 heteroatoms. The fourth-order valence-electron chi connectivity index (χ4n) is 5.80. The van der Waals surface area contributed by atoms with Crippen LogP contribution >= 0.6 is 0 Å². The molecule has 0 fully saturated rings. The summed E-state index contributed by atoms with van der Waals surface area (Å²) in [6, 6.07) is 35.6. The Bertz CT molecular complexity index is 1700. The minimum atomic E-state index is 0.0382. The second-order valence-electron chi connectivity index (χ2n) is 9.49. The summed E-state index contributed by atoms with van der Waals surface area (Å²) < 4.78 is 0. The van der Waals surface area contributed by atoms with Gasteiger partial charge >= 0.3 is 0 Å². The highest BCUT2D eigenvalue weighted by Gasteiger charge is 2.35. The van der Waals surface area contributed by atoms with Gasteiger partial charge in [-0.1, -0.05) is 105 Å². The normalized spacial score (nSPS) is 14.2. The number of rotatable bonds is 1. The van der Waals surface area contributed by atoms with E-state index in [9.17, 15) is 0 Å². The van der Waals surface area contributed by atoms with E-state index in [2.05, 4.69) is 116 Å². The molecule has 1 N–H and O–H groups in total. The predicted molar refractivity (Wildman–Crippen MR) is 136 cm³/mol. The van der Waals surface area contributed by atoms with Gasteiger partial charge < -0.3 is 4.98 Å². The van der Waals surface area contributed by atoms with Gasteiger partial charge in [0, 0.05) is 27.1 Å². The highest BCUT2D eigenvalue weighted by atomic mass is 14.7. The molecule has 0 amide bonds. The molecule has 32 heavy (non-hydrogen) atoms. The largest absolute Gasteiger partial charge is 0.353 e. The van der Waals surface area contributed by atoms with Crippen LogP contribution in [0.25, 0.3) is 54.8 Å². The first-order valence-corrected chi connectivity index (χ1v) is 11.3. The lowest BCUT2D eigenvalue weighted by molar-refractivity contribution is 0.660. The summed E-state index contributed by atoms with van der Waals surface area (Å²) in [6.07, 6.45) is 0. The molecule has 5 aromatic carbocycles. The van der Waals surface area contributed by atoms with Crippen molar-refractivity contribution >= 4 is 32.6 Å². The Morgan fingerprint density at radius 1 is 0.531 bits per heavy atom. The number of nitrogens with one attached hydrogen (secondary N) is 1. The van der Waals surface area contributed by atoms with E-state index in [1.165, 1.54) is 66.0 Å². The minimum absolute atomic E-state index is 0.0382. The summed E-state index contributed by atoms with van der Waals surface area (Å²) in [5, 5.41) is 5.11. The monoisotopic (exact) mass is 409 g/mol. The molecule has 0 spiro atoms. The number of hydrogen-bond acceptors (Lipinski definition) is 0. The van der Waals surface area contributed by atoms with E-state index >= 15 is 0 Å². The summed E-state index contributed by atoms with van der Waals surface area (Å²) in [5.41, 5.74) is 10.6. The van der Waals surface area contributed by atoms with Crippen molar-refractivity contribution in [3.63, 3.8) is 0 Å². The van der Waals surface area contributed by atoms with Gasteiger partial charge in [-0.15, -0.1) is 0 Å². The third-order valence-electron chi connectivity index (χ3n) is 7.43. The quantitative estimate of drug-likeness (QED) is 0.280. The van der Waals surface area contributed by atoms with Crippen LogP contribution in [0.1, 0.15) is 25.0 Å². The molecule has 1 aliphatic rings. The van der Waals surface area contributed by atoms with Crippen LogP contribution in [0, 0.1) is 0 Å². The van der Waals surface area contributed by atoms with E-state index in [1.807, 2.05) is 0 Å². The van der Waals surface area contributed by atoms with Crippen molar-refractivity contribution in [1.29, 1.82) is 0 Å². The summed E-state index contributed by atoms with van der Waals surface area (Å²) in [5.74, 6) is 0. The predicted octanol–water partition coefficient (Wildman–Crippen LogP) is 8.45. The third-order valence-corrected chi connectivity index (χ3v) is 7.43. The average Bonchev–Trinajstić information content (AvgIpc) is 3.32. The third kappa shape index (κ3) is 2.23. The first kappa shape index (κ1) is 17.8. The van der Waals surface area contributed by atoms with E-state index in [1.54, 1.807) is 0 Å². The fourth-order valence-corrected chi connectivity index (χ4v) is 5.80. The molecule has 1 heterocycles. The van der Waals surface area contributed by atoms with Gasteiger partial charge in [0.1, 0.15) is 0 Å². The Kier molecular flexibility index (Phi) is 3.40. The molecule has 1 aromatic heterocycles. The van der Waals surface area contributed by atoms with Crippen LogP contribution in [-0.2, 0) is 5.41 Å². The molecular formula is C31H23N. The average molecular weight is 410 g/mol. The smallest absolute Gasteiger partial charge is 0.0544 e. The van der Waals surface area contributed by atoms with Gasteiger partial charge in [-0.25, -0.2) is 0 Å².